The highest BCUT2D eigenvalue weighted by atomic mass is 15.3. The molecule has 3 atom stereocenters. The fourth-order valence-corrected chi connectivity index (χ4v) is 3.93. The molecule has 1 N–H and O–H groups in total. The van der Waals surface area contributed by atoms with Crippen molar-refractivity contribution >= 4 is 0 Å². The molecule has 3 fully saturated rings. The predicted octanol–water partition coefficient (Wildman–Crippen LogP) is 2.51. The van der Waals surface area contributed by atoms with Gasteiger partial charge in [0.05, 0.1) is 6.04 Å². The summed E-state index contributed by atoms with van der Waals surface area (Å²) in [6, 6.07) is 1.90. The molecule has 1 aromatic rings. The van der Waals surface area contributed by atoms with Gasteiger partial charge in [-0.2, -0.15) is 0 Å². The Morgan fingerprint density at radius 2 is 1.94 bits per heavy atom. The lowest BCUT2D eigenvalue weighted by Gasteiger charge is -2.24. The minimum absolute atomic E-state index is 0.458. The average molecular weight is 246 g/mol. The molecule has 3 aliphatic rings. The van der Waals surface area contributed by atoms with Crippen LogP contribution in [0.25, 0.3) is 0 Å². The molecule has 1 aliphatic heterocycles. The van der Waals surface area contributed by atoms with Gasteiger partial charge in [0.25, 0.3) is 0 Å². The van der Waals surface area contributed by atoms with Crippen molar-refractivity contribution in [2.45, 2.75) is 70.0 Å². The molecule has 1 aromatic heterocycles. The monoisotopic (exact) mass is 246 g/mol. The summed E-state index contributed by atoms with van der Waals surface area (Å²) in [6.07, 6.45) is 9.48. The molecule has 0 bridgehead atoms. The normalized spacial score (nSPS) is 35.7. The molecule has 0 amide bonds. The molecule has 18 heavy (non-hydrogen) atoms. The van der Waals surface area contributed by atoms with E-state index < -0.39 is 0 Å². The van der Waals surface area contributed by atoms with E-state index in [1.54, 1.807) is 0 Å². The van der Waals surface area contributed by atoms with E-state index in [-0.39, 0.29) is 0 Å². The van der Waals surface area contributed by atoms with E-state index in [9.17, 15) is 0 Å². The Hall–Kier alpha value is -0.900. The third-order valence-corrected chi connectivity index (χ3v) is 4.98. The van der Waals surface area contributed by atoms with Crippen molar-refractivity contribution in [1.29, 1.82) is 0 Å². The summed E-state index contributed by atoms with van der Waals surface area (Å²) in [6.45, 7) is 2.09. The van der Waals surface area contributed by atoms with Crippen molar-refractivity contribution in [2.24, 2.45) is 5.92 Å². The van der Waals surface area contributed by atoms with E-state index in [1.165, 1.54) is 50.8 Å². The van der Waals surface area contributed by atoms with E-state index in [1.807, 2.05) is 0 Å². The summed E-state index contributed by atoms with van der Waals surface area (Å²) in [4.78, 5) is 0. The Morgan fingerprint density at radius 1 is 1.11 bits per heavy atom. The van der Waals surface area contributed by atoms with E-state index in [0.29, 0.717) is 12.1 Å². The number of rotatable bonds is 2. The van der Waals surface area contributed by atoms with Crippen LogP contribution in [0, 0.1) is 12.8 Å². The van der Waals surface area contributed by atoms with Crippen LogP contribution >= 0.6 is 0 Å². The summed E-state index contributed by atoms with van der Waals surface area (Å²) >= 11 is 0. The zero-order valence-electron chi connectivity index (χ0n) is 11.1. The molecule has 3 unspecified atom stereocenters. The van der Waals surface area contributed by atoms with Crippen molar-refractivity contribution in [3.63, 3.8) is 0 Å². The molecule has 0 aromatic carbocycles. The molecule has 1 saturated heterocycles. The van der Waals surface area contributed by atoms with Crippen molar-refractivity contribution in [3.05, 3.63) is 11.6 Å². The van der Waals surface area contributed by atoms with Gasteiger partial charge in [-0.1, -0.05) is 12.8 Å². The van der Waals surface area contributed by atoms with Crippen molar-refractivity contribution in [1.82, 2.24) is 20.1 Å². The zero-order chi connectivity index (χ0) is 12.1. The maximum Gasteiger partial charge on any atom is 0.150 e. The smallest absolute Gasteiger partial charge is 0.150 e. The first-order chi connectivity index (χ1) is 8.83. The summed E-state index contributed by atoms with van der Waals surface area (Å²) in [5, 5.41) is 12.6. The Balaban J connectivity index is 1.60. The molecule has 2 aliphatic carbocycles. The molecular formula is C14H22N4. The first-order valence-electron chi connectivity index (χ1n) is 7.50. The highest BCUT2D eigenvalue weighted by Crippen LogP contribution is 2.42. The van der Waals surface area contributed by atoms with Gasteiger partial charge in [0.15, 0.2) is 0 Å². The van der Waals surface area contributed by atoms with Crippen molar-refractivity contribution < 1.29 is 0 Å². The van der Waals surface area contributed by atoms with Crippen LogP contribution in [0.3, 0.4) is 0 Å². The number of aromatic nitrogens is 3. The maximum absolute atomic E-state index is 4.47. The Morgan fingerprint density at radius 3 is 2.72 bits per heavy atom. The van der Waals surface area contributed by atoms with Gasteiger partial charge in [-0.05, 0) is 44.9 Å². The van der Waals surface area contributed by atoms with Gasteiger partial charge in [-0.25, -0.2) is 0 Å². The number of hydrogen-bond donors (Lipinski definition) is 1. The minimum atomic E-state index is 0.458. The van der Waals surface area contributed by atoms with Gasteiger partial charge >= 0.3 is 0 Å². The summed E-state index contributed by atoms with van der Waals surface area (Å²) < 4.78 is 2.40. The second kappa shape index (κ2) is 4.05. The van der Waals surface area contributed by atoms with E-state index in [0.717, 1.165) is 17.8 Å². The van der Waals surface area contributed by atoms with Crippen LogP contribution in [0.4, 0.5) is 0 Å². The number of nitrogens with zero attached hydrogens (tertiary/aromatic N) is 3. The van der Waals surface area contributed by atoms with Crippen LogP contribution in [0.15, 0.2) is 0 Å². The standard InChI is InChI=1S/C14H22N4/c1-9-16-17-14(18(9)11-6-7-11)13-8-10-4-2-3-5-12(10)15-13/h10-13,15H,2-8H2,1H3. The number of nitrogens with one attached hydrogen (secondary N) is 1. The van der Waals surface area contributed by atoms with E-state index in [2.05, 4.69) is 27.0 Å². The first kappa shape index (κ1) is 11.0. The Bertz CT molecular complexity index is 435. The summed E-state index contributed by atoms with van der Waals surface area (Å²) in [7, 11) is 0. The van der Waals surface area contributed by atoms with Gasteiger partial charge < -0.3 is 9.88 Å². The van der Waals surface area contributed by atoms with Gasteiger partial charge in [0, 0.05) is 12.1 Å². The highest BCUT2D eigenvalue weighted by Gasteiger charge is 2.39. The van der Waals surface area contributed by atoms with E-state index >= 15 is 0 Å². The number of aryl methyl sites for hydroxylation is 1. The largest absolute Gasteiger partial charge is 0.311 e. The Kier molecular flexibility index (Phi) is 2.47. The molecule has 0 spiro atoms. The zero-order valence-corrected chi connectivity index (χ0v) is 11.1. The van der Waals surface area contributed by atoms with Crippen LogP contribution in [0.2, 0.25) is 0 Å². The lowest BCUT2D eigenvalue weighted by Crippen LogP contribution is -2.31. The molecule has 4 heteroatoms. The number of fused-ring (bicyclic) bond motifs is 1. The lowest BCUT2D eigenvalue weighted by atomic mass is 9.85. The minimum Gasteiger partial charge on any atom is -0.311 e. The van der Waals surface area contributed by atoms with Crippen LogP contribution in [0.5, 0.6) is 0 Å². The number of hydrogen-bond acceptors (Lipinski definition) is 3. The van der Waals surface area contributed by atoms with Gasteiger partial charge in [-0.15, -0.1) is 10.2 Å². The summed E-state index contributed by atoms with van der Waals surface area (Å²) in [5.41, 5.74) is 0. The lowest BCUT2D eigenvalue weighted by molar-refractivity contribution is 0.325. The maximum atomic E-state index is 4.47. The summed E-state index contributed by atoms with van der Waals surface area (Å²) in [5.74, 6) is 3.20. The predicted molar refractivity (Wildman–Crippen MR) is 69.3 cm³/mol. The molecule has 98 valence electrons. The SMILES string of the molecule is Cc1nnc(C2CC3CCCCC3N2)n1C1CC1. The molecule has 4 rings (SSSR count). The van der Waals surface area contributed by atoms with E-state index in [4.69, 9.17) is 0 Å². The third-order valence-electron chi connectivity index (χ3n) is 4.98. The average Bonchev–Trinajstić information content (AvgIpc) is 3.00. The Labute approximate surface area is 108 Å². The van der Waals surface area contributed by atoms with Crippen LogP contribution in [0.1, 0.15) is 68.7 Å². The third kappa shape index (κ3) is 1.69. The second-order valence-corrected chi connectivity index (χ2v) is 6.31. The fraction of sp³-hybridized carbons (Fsp3) is 0.857. The fourth-order valence-electron chi connectivity index (χ4n) is 3.93. The second-order valence-electron chi connectivity index (χ2n) is 6.31. The van der Waals surface area contributed by atoms with Gasteiger partial charge in [-0.3, -0.25) is 0 Å². The highest BCUT2D eigenvalue weighted by molar-refractivity contribution is 5.09. The topological polar surface area (TPSA) is 42.7 Å². The van der Waals surface area contributed by atoms with Crippen molar-refractivity contribution in [2.75, 3.05) is 0 Å². The van der Waals surface area contributed by atoms with Crippen LogP contribution in [-0.4, -0.2) is 20.8 Å². The molecule has 2 saturated carbocycles. The molecule has 2 heterocycles. The van der Waals surface area contributed by atoms with Gasteiger partial charge in [0.1, 0.15) is 11.6 Å². The quantitative estimate of drug-likeness (QED) is 0.872. The van der Waals surface area contributed by atoms with Crippen LogP contribution in [-0.2, 0) is 0 Å². The van der Waals surface area contributed by atoms with Crippen LogP contribution < -0.4 is 5.32 Å². The first-order valence-corrected chi connectivity index (χ1v) is 7.50. The van der Waals surface area contributed by atoms with Gasteiger partial charge in [0.2, 0.25) is 0 Å². The molecule has 0 radical (unpaired) electrons. The molecular weight excluding hydrogens is 224 g/mol. The van der Waals surface area contributed by atoms with Crippen molar-refractivity contribution in [3.8, 4) is 0 Å². The molecule has 4 nitrogen and oxygen atoms in total.